The highest BCUT2D eigenvalue weighted by molar-refractivity contribution is 14.0. The van der Waals surface area contributed by atoms with Gasteiger partial charge in [0.2, 0.25) is 0 Å². The van der Waals surface area contributed by atoms with E-state index in [0.717, 1.165) is 30.0 Å². The Labute approximate surface area is 210 Å². The molecule has 0 unspecified atom stereocenters. The van der Waals surface area contributed by atoms with Gasteiger partial charge in [-0.15, -0.1) is 24.0 Å². The smallest absolute Gasteiger partial charge is 0.422 e. The lowest BCUT2D eigenvalue weighted by Gasteiger charge is -2.17. The molecule has 3 rings (SSSR count). The maximum Gasteiger partial charge on any atom is 0.422 e. The average molecular weight is 577 g/mol. The van der Waals surface area contributed by atoms with Crippen LogP contribution >= 0.6 is 24.0 Å². The van der Waals surface area contributed by atoms with E-state index in [1.54, 1.807) is 12.1 Å². The van der Waals surface area contributed by atoms with Crippen molar-refractivity contribution in [1.29, 1.82) is 0 Å². The van der Waals surface area contributed by atoms with Crippen LogP contribution in [0.15, 0.2) is 41.5 Å². The Morgan fingerprint density at radius 3 is 2.55 bits per heavy atom. The first-order valence-electron chi connectivity index (χ1n) is 10.8. The molecule has 0 spiro atoms. The molecule has 2 aromatic rings. The zero-order chi connectivity index (χ0) is 23.0. The number of pyridine rings is 1. The van der Waals surface area contributed by atoms with E-state index in [-0.39, 0.29) is 36.3 Å². The van der Waals surface area contributed by atoms with E-state index >= 15 is 0 Å². The normalized spacial score (nSPS) is 14.1. The number of rotatable bonds is 8. The van der Waals surface area contributed by atoms with Gasteiger partial charge >= 0.3 is 6.18 Å². The molecule has 1 aromatic carbocycles. The molecule has 0 atom stereocenters. The second kappa shape index (κ2) is 12.9. The van der Waals surface area contributed by atoms with Gasteiger partial charge in [0.25, 0.3) is 0 Å². The summed E-state index contributed by atoms with van der Waals surface area (Å²) in [6, 6.07) is 9.26. The van der Waals surface area contributed by atoms with Crippen LogP contribution in [0.25, 0.3) is 0 Å². The largest absolute Gasteiger partial charge is 0.484 e. The summed E-state index contributed by atoms with van der Waals surface area (Å²) in [7, 11) is 0. The van der Waals surface area contributed by atoms with Crippen molar-refractivity contribution in [3.8, 4) is 5.75 Å². The van der Waals surface area contributed by atoms with Crippen LogP contribution in [-0.4, -0.2) is 43.4 Å². The van der Waals surface area contributed by atoms with E-state index in [4.69, 9.17) is 4.74 Å². The van der Waals surface area contributed by atoms with Gasteiger partial charge in [-0.3, -0.25) is 0 Å². The van der Waals surface area contributed by atoms with Crippen LogP contribution < -0.4 is 20.3 Å². The fourth-order valence-corrected chi connectivity index (χ4v) is 3.44. The molecule has 1 aliphatic rings. The van der Waals surface area contributed by atoms with Crippen molar-refractivity contribution < 1.29 is 17.9 Å². The Hall–Kier alpha value is -2.24. The van der Waals surface area contributed by atoms with Gasteiger partial charge in [0.05, 0.1) is 6.54 Å². The highest BCUT2D eigenvalue weighted by atomic mass is 127. The molecule has 0 amide bonds. The number of guanidine groups is 1. The van der Waals surface area contributed by atoms with Crippen LogP contribution in [0.4, 0.5) is 19.0 Å². The quantitative estimate of drug-likeness (QED) is 0.268. The number of alkyl halides is 3. The van der Waals surface area contributed by atoms with Crippen LogP contribution in [0, 0.1) is 6.92 Å². The molecule has 1 aromatic heterocycles. The number of benzene rings is 1. The molecule has 0 bridgehead atoms. The highest BCUT2D eigenvalue weighted by Crippen LogP contribution is 2.24. The minimum atomic E-state index is -4.39. The molecule has 10 heteroatoms. The number of ether oxygens (including phenoxy) is 1. The molecule has 1 saturated heterocycles. The van der Waals surface area contributed by atoms with Crippen LogP contribution in [-0.2, 0) is 13.1 Å². The molecule has 0 saturated carbocycles. The molecule has 1 fully saturated rings. The highest BCUT2D eigenvalue weighted by Gasteiger charge is 2.28. The zero-order valence-electron chi connectivity index (χ0n) is 18.9. The molecular formula is C23H31F3IN5O. The number of anilines is 1. The summed E-state index contributed by atoms with van der Waals surface area (Å²) in [6.45, 7) is 5.92. The lowest BCUT2D eigenvalue weighted by Crippen LogP contribution is -2.37. The van der Waals surface area contributed by atoms with E-state index in [1.807, 2.05) is 38.2 Å². The second-order valence-electron chi connectivity index (χ2n) is 7.78. The Balaban J connectivity index is 0.00000385. The second-order valence-corrected chi connectivity index (χ2v) is 7.78. The minimum Gasteiger partial charge on any atom is -0.484 e. The average Bonchev–Trinajstić information content (AvgIpc) is 3.30. The summed E-state index contributed by atoms with van der Waals surface area (Å²) in [4.78, 5) is 11.4. The van der Waals surface area contributed by atoms with Gasteiger partial charge in [0, 0.05) is 37.9 Å². The number of halogens is 4. The van der Waals surface area contributed by atoms with Gasteiger partial charge in [-0.05, 0) is 49.9 Å². The molecule has 182 valence electrons. The zero-order valence-corrected chi connectivity index (χ0v) is 21.2. The molecule has 2 N–H and O–H groups in total. The van der Waals surface area contributed by atoms with E-state index in [1.165, 1.54) is 12.8 Å². The van der Waals surface area contributed by atoms with Crippen molar-refractivity contribution in [2.24, 2.45) is 4.99 Å². The summed E-state index contributed by atoms with van der Waals surface area (Å²) in [5.41, 5.74) is 2.44. The monoisotopic (exact) mass is 577 g/mol. The Kier molecular flexibility index (Phi) is 10.5. The van der Waals surface area contributed by atoms with Crippen LogP contribution in [0.5, 0.6) is 5.75 Å². The summed E-state index contributed by atoms with van der Waals surface area (Å²) in [5, 5.41) is 6.33. The molecule has 6 nitrogen and oxygen atoms in total. The van der Waals surface area contributed by atoms with Crippen LogP contribution in [0.1, 0.15) is 36.5 Å². The van der Waals surface area contributed by atoms with E-state index in [9.17, 15) is 13.2 Å². The number of nitrogens with zero attached hydrogens (tertiary/aromatic N) is 3. The van der Waals surface area contributed by atoms with Gasteiger partial charge < -0.3 is 20.3 Å². The standard InChI is InChI=1S/C23H30F3N5O.HI/c1-3-27-22(29-14-18-7-9-21(28-13-18)31-10-4-5-11-31)30-15-19-8-6-17(2)12-20(19)32-16-23(24,25)26;/h6-9,12-13H,3-5,10-11,14-16H2,1-2H3,(H2,27,29,30);1H. The first kappa shape index (κ1) is 27.0. The summed E-state index contributed by atoms with van der Waals surface area (Å²) in [5.74, 6) is 1.77. The lowest BCUT2D eigenvalue weighted by molar-refractivity contribution is -0.153. The number of nitrogens with one attached hydrogen (secondary N) is 2. The maximum absolute atomic E-state index is 12.6. The number of hydrogen-bond acceptors (Lipinski definition) is 4. The maximum atomic E-state index is 12.6. The fourth-order valence-electron chi connectivity index (χ4n) is 3.44. The van der Waals surface area contributed by atoms with Crippen molar-refractivity contribution in [2.75, 3.05) is 31.1 Å². The summed E-state index contributed by atoms with van der Waals surface area (Å²) < 4.78 is 42.8. The third-order valence-electron chi connectivity index (χ3n) is 5.06. The lowest BCUT2D eigenvalue weighted by atomic mass is 10.1. The van der Waals surface area contributed by atoms with Crippen molar-refractivity contribution in [3.05, 3.63) is 53.2 Å². The number of aryl methyl sites for hydroxylation is 1. The predicted molar refractivity (Wildman–Crippen MR) is 135 cm³/mol. The van der Waals surface area contributed by atoms with Crippen molar-refractivity contribution in [3.63, 3.8) is 0 Å². The van der Waals surface area contributed by atoms with E-state index < -0.39 is 12.8 Å². The summed E-state index contributed by atoms with van der Waals surface area (Å²) in [6.07, 6.45) is -0.141. The van der Waals surface area contributed by atoms with Gasteiger partial charge in [-0.1, -0.05) is 18.2 Å². The summed E-state index contributed by atoms with van der Waals surface area (Å²) >= 11 is 0. The number of hydrogen-bond donors (Lipinski definition) is 2. The van der Waals surface area contributed by atoms with E-state index in [2.05, 4.69) is 25.5 Å². The van der Waals surface area contributed by atoms with E-state index in [0.29, 0.717) is 24.6 Å². The van der Waals surface area contributed by atoms with Crippen molar-refractivity contribution in [1.82, 2.24) is 15.6 Å². The van der Waals surface area contributed by atoms with Crippen LogP contribution in [0.2, 0.25) is 0 Å². The minimum absolute atomic E-state index is 0. The van der Waals surface area contributed by atoms with Crippen molar-refractivity contribution >= 4 is 35.8 Å². The Morgan fingerprint density at radius 2 is 1.91 bits per heavy atom. The van der Waals surface area contributed by atoms with Gasteiger partial charge in [-0.2, -0.15) is 13.2 Å². The molecular weight excluding hydrogens is 546 g/mol. The fraction of sp³-hybridized carbons (Fsp3) is 0.478. The number of aromatic nitrogens is 1. The first-order chi connectivity index (χ1) is 15.3. The van der Waals surface area contributed by atoms with Gasteiger partial charge in [0.1, 0.15) is 11.6 Å². The first-order valence-corrected chi connectivity index (χ1v) is 10.8. The topological polar surface area (TPSA) is 61.8 Å². The number of aliphatic imine (C=N–C) groups is 1. The van der Waals surface area contributed by atoms with Crippen molar-refractivity contribution in [2.45, 2.75) is 46.0 Å². The Morgan fingerprint density at radius 1 is 1.15 bits per heavy atom. The predicted octanol–water partition coefficient (Wildman–Crippen LogP) is 4.80. The third kappa shape index (κ3) is 8.90. The Bertz CT molecular complexity index is 900. The van der Waals surface area contributed by atoms with Gasteiger partial charge in [0.15, 0.2) is 12.6 Å². The van der Waals surface area contributed by atoms with Crippen LogP contribution in [0.3, 0.4) is 0 Å². The SMILES string of the molecule is CCNC(=NCc1ccc(N2CCCC2)nc1)NCc1ccc(C)cc1OCC(F)(F)F.I. The van der Waals surface area contributed by atoms with Gasteiger partial charge in [-0.25, -0.2) is 9.98 Å². The molecule has 1 aliphatic heterocycles. The molecule has 0 aliphatic carbocycles. The molecule has 33 heavy (non-hydrogen) atoms. The molecule has 0 radical (unpaired) electrons. The molecule has 2 heterocycles. The third-order valence-corrected chi connectivity index (χ3v) is 5.06.